The monoisotopic (exact) mass is 348 g/mol. The van der Waals surface area contributed by atoms with Gasteiger partial charge in [0.15, 0.2) is 0 Å². The van der Waals surface area contributed by atoms with Crippen molar-refractivity contribution >= 4 is 27.7 Å². The molecule has 108 valence electrons. The maximum absolute atomic E-state index is 13.6. The Balaban J connectivity index is 2.83. The van der Waals surface area contributed by atoms with Gasteiger partial charge in [0.2, 0.25) is 0 Å². The first-order valence-electron chi connectivity index (χ1n) is 6.37. The van der Waals surface area contributed by atoms with Crippen LogP contribution < -0.4 is 5.73 Å². The van der Waals surface area contributed by atoms with E-state index in [1.807, 2.05) is 17.8 Å². The van der Waals surface area contributed by atoms with E-state index in [2.05, 4.69) is 41.1 Å². The van der Waals surface area contributed by atoms with E-state index < -0.39 is 0 Å². The minimum Gasteiger partial charge on any atom is -0.329 e. The van der Waals surface area contributed by atoms with Gasteiger partial charge in [0.05, 0.1) is 4.47 Å². The van der Waals surface area contributed by atoms with Crippen LogP contribution in [0.5, 0.6) is 0 Å². The molecule has 0 aliphatic carbocycles. The highest BCUT2D eigenvalue weighted by Crippen LogP contribution is 2.25. The summed E-state index contributed by atoms with van der Waals surface area (Å²) in [5.41, 5.74) is 6.81. The first kappa shape index (κ1) is 17.0. The van der Waals surface area contributed by atoms with E-state index in [1.165, 1.54) is 0 Å². The molecule has 0 aliphatic rings. The predicted molar refractivity (Wildman–Crippen MR) is 86.1 cm³/mol. The van der Waals surface area contributed by atoms with Gasteiger partial charge in [-0.2, -0.15) is 11.8 Å². The lowest BCUT2D eigenvalue weighted by atomic mass is 10.0. The van der Waals surface area contributed by atoms with Gasteiger partial charge in [0.1, 0.15) is 5.82 Å². The second-order valence-corrected chi connectivity index (χ2v) is 6.56. The summed E-state index contributed by atoms with van der Waals surface area (Å²) in [7, 11) is 2.06. The van der Waals surface area contributed by atoms with Gasteiger partial charge < -0.3 is 5.73 Å². The van der Waals surface area contributed by atoms with Crippen molar-refractivity contribution in [1.82, 2.24) is 4.90 Å². The standard InChI is InChI=1S/C14H22BrFN2S/c1-10(6-7-19-3)18(2)14(9-17)11-4-5-12(15)13(16)8-11/h4-5,8,10,14H,6-7,9,17H2,1-3H3. The molecule has 0 bridgehead atoms. The molecule has 0 amide bonds. The highest BCUT2D eigenvalue weighted by molar-refractivity contribution is 9.10. The Labute approximate surface area is 128 Å². The molecule has 0 fully saturated rings. The lowest BCUT2D eigenvalue weighted by molar-refractivity contribution is 0.185. The van der Waals surface area contributed by atoms with Crippen LogP contribution in [0.1, 0.15) is 24.9 Å². The third-order valence-corrected chi connectivity index (χ3v) is 4.77. The smallest absolute Gasteiger partial charge is 0.137 e. The van der Waals surface area contributed by atoms with Gasteiger partial charge in [0.25, 0.3) is 0 Å². The molecule has 5 heteroatoms. The molecule has 19 heavy (non-hydrogen) atoms. The highest BCUT2D eigenvalue weighted by atomic mass is 79.9. The number of hydrogen-bond donors (Lipinski definition) is 1. The lowest BCUT2D eigenvalue weighted by Gasteiger charge is -2.33. The molecule has 0 aliphatic heterocycles. The Bertz CT molecular complexity index is 403. The van der Waals surface area contributed by atoms with Gasteiger partial charge in [-0.3, -0.25) is 4.90 Å². The summed E-state index contributed by atoms with van der Waals surface area (Å²) in [4.78, 5) is 2.24. The van der Waals surface area contributed by atoms with Crippen molar-refractivity contribution in [1.29, 1.82) is 0 Å². The quantitative estimate of drug-likeness (QED) is 0.815. The number of thioether (sulfide) groups is 1. The van der Waals surface area contributed by atoms with E-state index in [4.69, 9.17) is 5.73 Å². The van der Waals surface area contributed by atoms with Crippen molar-refractivity contribution in [3.05, 3.63) is 34.1 Å². The minimum absolute atomic E-state index is 0.0551. The van der Waals surface area contributed by atoms with E-state index in [1.54, 1.807) is 12.1 Å². The van der Waals surface area contributed by atoms with Gasteiger partial charge >= 0.3 is 0 Å². The minimum atomic E-state index is -0.235. The SMILES string of the molecule is CSCCC(C)N(C)C(CN)c1ccc(Br)c(F)c1. The average Bonchev–Trinajstić information content (AvgIpc) is 2.40. The number of nitrogens with two attached hydrogens (primary N) is 1. The first-order chi connectivity index (χ1) is 9.01. The van der Waals surface area contributed by atoms with Gasteiger partial charge in [-0.15, -0.1) is 0 Å². The Morgan fingerprint density at radius 2 is 2.16 bits per heavy atom. The molecule has 0 saturated heterocycles. The van der Waals surface area contributed by atoms with Crippen molar-refractivity contribution in [2.24, 2.45) is 5.73 Å². The van der Waals surface area contributed by atoms with Crippen LogP contribution in [0.3, 0.4) is 0 Å². The molecule has 2 nitrogen and oxygen atoms in total. The molecule has 0 saturated carbocycles. The summed E-state index contributed by atoms with van der Waals surface area (Å²) in [5, 5.41) is 0. The van der Waals surface area contributed by atoms with E-state index >= 15 is 0 Å². The molecule has 0 aromatic heterocycles. The summed E-state index contributed by atoms with van der Waals surface area (Å²) < 4.78 is 14.1. The van der Waals surface area contributed by atoms with Crippen LogP contribution in [0.15, 0.2) is 22.7 Å². The molecule has 1 rings (SSSR count). The second kappa shape index (κ2) is 8.25. The van der Waals surface area contributed by atoms with Gasteiger partial charge in [-0.25, -0.2) is 4.39 Å². The largest absolute Gasteiger partial charge is 0.329 e. The van der Waals surface area contributed by atoms with E-state index in [9.17, 15) is 4.39 Å². The van der Waals surface area contributed by atoms with Crippen LogP contribution in [0.2, 0.25) is 0 Å². The summed E-state index contributed by atoms with van der Waals surface area (Å²) in [6.07, 6.45) is 3.21. The van der Waals surface area contributed by atoms with Crippen LogP contribution in [-0.2, 0) is 0 Å². The highest BCUT2D eigenvalue weighted by Gasteiger charge is 2.20. The third-order valence-electron chi connectivity index (χ3n) is 3.48. The van der Waals surface area contributed by atoms with Crippen molar-refractivity contribution in [2.75, 3.05) is 25.6 Å². The van der Waals surface area contributed by atoms with Crippen molar-refractivity contribution in [2.45, 2.75) is 25.4 Å². The molecular formula is C14H22BrFN2S. The second-order valence-electron chi connectivity index (χ2n) is 4.72. The normalized spacial score (nSPS) is 14.7. The fourth-order valence-corrected chi connectivity index (χ4v) is 2.88. The lowest BCUT2D eigenvalue weighted by Crippen LogP contribution is -2.37. The topological polar surface area (TPSA) is 29.3 Å². The number of nitrogens with zero attached hydrogens (tertiary/aromatic N) is 1. The zero-order chi connectivity index (χ0) is 14.4. The number of halogens is 2. The number of likely N-dealkylation sites (N-methyl/N-ethyl adjacent to an activating group) is 1. The predicted octanol–water partition coefficient (Wildman–Crippen LogP) is 3.66. The van der Waals surface area contributed by atoms with Gasteiger partial charge in [-0.05, 0) is 66.0 Å². The van der Waals surface area contributed by atoms with Crippen LogP contribution in [-0.4, -0.2) is 36.5 Å². The van der Waals surface area contributed by atoms with Crippen LogP contribution in [0.4, 0.5) is 4.39 Å². The van der Waals surface area contributed by atoms with Gasteiger partial charge in [0, 0.05) is 18.6 Å². The average molecular weight is 349 g/mol. The molecule has 2 atom stereocenters. The summed E-state index contributed by atoms with van der Waals surface area (Å²) >= 11 is 5.02. The van der Waals surface area contributed by atoms with E-state index in [-0.39, 0.29) is 11.9 Å². The van der Waals surface area contributed by atoms with Crippen LogP contribution in [0.25, 0.3) is 0 Å². The van der Waals surface area contributed by atoms with Crippen molar-refractivity contribution in [3.63, 3.8) is 0 Å². The molecule has 2 N–H and O–H groups in total. The van der Waals surface area contributed by atoms with Crippen molar-refractivity contribution in [3.8, 4) is 0 Å². The fourth-order valence-electron chi connectivity index (χ4n) is 2.06. The molecule has 1 aromatic rings. The number of rotatable bonds is 7. The van der Waals surface area contributed by atoms with E-state index in [0.717, 1.165) is 17.7 Å². The summed E-state index contributed by atoms with van der Waals surface area (Å²) in [5.74, 6) is 0.887. The summed E-state index contributed by atoms with van der Waals surface area (Å²) in [6, 6.07) is 5.72. The third kappa shape index (κ3) is 4.74. The number of hydrogen-bond acceptors (Lipinski definition) is 3. The number of benzene rings is 1. The molecule has 0 radical (unpaired) electrons. The molecule has 0 heterocycles. The Morgan fingerprint density at radius 1 is 1.47 bits per heavy atom. The van der Waals surface area contributed by atoms with Gasteiger partial charge in [-0.1, -0.05) is 6.07 Å². The molecular weight excluding hydrogens is 327 g/mol. The molecule has 1 aromatic carbocycles. The maximum atomic E-state index is 13.6. The van der Waals surface area contributed by atoms with Crippen LogP contribution >= 0.6 is 27.7 Å². The fraction of sp³-hybridized carbons (Fsp3) is 0.571. The summed E-state index contributed by atoms with van der Waals surface area (Å²) in [6.45, 7) is 2.68. The van der Waals surface area contributed by atoms with E-state index in [0.29, 0.717) is 17.1 Å². The Kier molecular flexibility index (Phi) is 7.36. The first-order valence-corrected chi connectivity index (χ1v) is 8.55. The Morgan fingerprint density at radius 3 is 2.68 bits per heavy atom. The van der Waals surface area contributed by atoms with Crippen molar-refractivity contribution < 1.29 is 4.39 Å². The maximum Gasteiger partial charge on any atom is 0.137 e. The zero-order valence-corrected chi connectivity index (χ0v) is 14.1. The molecule has 0 spiro atoms. The zero-order valence-electron chi connectivity index (χ0n) is 11.7. The Hall–Kier alpha value is -0.100. The molecule has 2 unspecified atom stereocenters. The van der Waals surface area contributed by atoms with Crippen LogP contribution in [0, 0.1) is 5.82 Å².